The molecule has 180 valence electrons. The van der Waals surface area contributed by atoms with Crippen LogP contribution in [-0.2, 0) is 12.8 Å². The minimum absolute atomic E-state index is 0.0138. The standard InChI is InChI=1S/C26H28F6O/c1-2-3-15-4-6-16(7-5-15)20-12-22(28)25(23(29)13-20)18-9-8-17-14-24(33-26(30,31)32)21(27)11-19(17)10-18/h11-16,18H,2-10H2,1H3. The molecule has 0 N–H and O–H groups in total. The van der Waals surface area contributed by atoms with Crippen LogP contribution in [0, 0.1) is 23.4 Å². The fourth-order valence-corrected chi connectivity index (χ4v) is 5.63. The van der Waals surface area contributed by atoms with Gasteiger partial charge in [-0.15, -0.1) is 13.2 Å². The first kappa shape index (κ1) is 24.0. The predicted octanol–water partition coefficient (Wildman–Crippen LogP) is 8.35. The van der Waals surface area contributed by atoms with Gasteiger partial charge in [0.25, 0.3) is 0 Å². The number of benzene rings is 2. The zero-order valence-corrected chi connectivity index (χ0v) is 18.6. The number of halogens is 6. The third-order valence-corrected chi connectivity index (χ3v) is 7.23. The van der Waals surface area contributed by atoms with Gasteiger partial charge >= 0.3 is 6.36 Å². The summed E-state index contributed by atoms with van der Waals surface area (Å²) in [5, 5.41) is 0. The Balaban J connectivity index is 1.51. The monoisotopic (exact) mass is 470 g/mol. The van der Waals surface area contributed by atoms with Crippen molar-refractivity contribution in [3.63, 3.8) is 0 Å². The molecule has 2 aliphatic carbocycles. The summed E-state index contributed by atoms with van der Waals surface area (Å²) in [4.78, 5) is 0. The summed E-state index contributed by atoms with van der Waals surface area (Å²) in [5.74, 6) is -2.84. The Labute approximate surface area is 190 Å². The third kappa shape index (κ3) is 5.49. The second-order valence-electron chi connectivity index (χ2n) is 9.44. The molecule has 1 nitrogen and oxygen atoms in total. The molecule has 1 saturated carbocycles. The minimum Gasteiger partial charge on any atom is -0.403 e. The number of rotatable bonds is 5. The van der Waals surface area contributed by atoms with Crippen molar-refractivity contribution in [1.82, 2.24) is 0 Å². The van der Waals surface area contributed by atoms with Crippen LogP contribution in [0.1, 0.15) is 86.0 Å². The highest BCUT2D eigenvalue weighted by molar-refractivity contribution is 5.41. The number of aryl methyl sites for hydroxylation is 1. The zero-order valence-electron chi connectivity index (χ0n) is 18.6. The summed E-state index contributed by atoms with van der Waals surface area (Å²) in [6.07, 6.45) is 2.19. The SMILES string of the molecule is CCCC1CCC(c2cc(F)c(C3CCc4cc(OC(F)(F)F)c(F)cc4C3)c(F)c2)CC1. The molecule has 0 heterocycles. The Kier molecular flexibility index (Phi) is 6.96. The van der Waals surface area contributed by atoms with E-state index in [9.17, 15) is 17.6 Å². The molecule has 0 saturated heterocycles. The van der Waals surface area contributed by atoms with Gasteiger partial charge in [0.15, 0.2) is 11.6 Å². The van der Waals surface area contributed by atoms with E-state index in [0.717, 1.165) is 44.2 Å². The van der Waals surface area contributed by atoms with E-state index >= 15 is 8.78 Å². The van der Waals surface area contributed by atoms with Gasteiger partial charge in [0, 0.05) is 5.56 Å². The normalized spacial score (nSPS) is 23.3. The summed E-state index contributed by atoms with van der Waals surface area (Å²) in [6.45, 7) is 2.17. The van der Waals surface area contributed by atoms with Crippen LogP contribution in [0.5, 0.6) is 5.75 Å². The van der Waals surface area contributed by atoms with E-state index in [1.807, 2.05) is 0 Å². The Bertz CT molecular complexity index is 968. The Hall–Kier alpha value is -2.18. The molecule has 0 aliphatic heterocycles. The topological polar surface area (TPSA) is 9.23 Å². The maximum Gasteiger partial charge on any atom is 0.573 e. The van der Waals surface area contributed by atoms with Crippen molar-refractivity contribution in [3.8, 4) is 5.75 Å². The third-order valence-electron chi connectivity index (χ3n) is 7.23. The average molecular weight is 470 g/mol. The number of ether oxygens (including phenoxy) is 1. The molecule has 4 rings (SSSR count). The molecular formula is C26H28F6O. The first-order valence-electron chi connectivity index (χ1n) is 11.7. The number of hydrogen-bond donors (Lipinski definition) is 0. The highest BCUT2D eigenvalue weighted by Crippen LogP contribution is 2.41. The Morgan fingerprint density at radius 2 is 1.48 bits per heavy atom. The lowest BCUT2D eigenvalue weighted by atomic mass is 9.76. The van der Waals surface area contributed by atoms with E-state index in [2.05, 4.69) is 11.7 Å². The van der Waals surface area contributed by atoms with Crippen molar-refractivity contribution in [2.75, 3.05) is 0 Å². The van der Waals surface area contributed by atoms with Crippen molar-refractivity contribution in [2.24, 2.45) is 5.92 Å². The van der Waals surface area contributed by atoms with E-state index < -0.39 is 35.5 Å². The van der Waals surface area contributed by atoms with E-state index in [0.29, 0.717) is 29.0 Å². The van der Waals surface area contributed by atoms with E-state index in [4.69, 9.17) is 0 Å². The van der Waals surface area contributed by atoms with Crippen LogP contribution in [0.25, 0.3) is 0 Å². The molecular weight excluding hydrogens is 442 g/mol. The van der Waals surface area contributed by atoms with Gasteiger partial charge in [-0.1, -0.05) is 19.8 Å². The molecule has 1 unspecified atom stereocenters. The second kappa shape index (κ2) is 9.59. The van der Waals surface area contributed by atoms with E-state index in [-0.39, 0.29) is 24.3 Å². The molecule has 2 aliphatic rings. The van der Waals surface area contributed by atoms with E-state index in [1.165, 1.54) is 18.6 Å². The minimum atomic E-state index is -4.99. The Morgan fingerprint density at radius 3 is 2.09 bits per heavy atom. The molecule has 0 spiro atoms. The van der Waals surface area contributed by atoms with E-state index in [1.54, 1.807) is 0 Å². The van der Waals surface area contributed by atoms with Crippen LogP contribution in [0.15, 0.2) is 24.3 Å². The molecule has 2 aromatic carbocycles. The lowest BCUT2D eigenvalue weighted by Gasteiger charge is -2.30. The summed E-state index contributed by atoms with van der Waals surface area (Å²) in [6, 6.07) is 4.92. The number of hydrogen-bond acceptors (Lipinski definition) is 1. The zero-order chi connectivity index (χ0) is 23.8. The van der Waals surface area contributed by atoms with Crippen molar-refractivity contribution in [2.45, 2.75) is 82.9 Å². The molecule has 7 heteroatoms. The van der Waals surface area contributed by atoms with Crippen LogP contribution in [0.3, 0.4) is 0 Å². The van der Waals surface area contributed by atoms with Crippen LogP contribution in [-0.4, -0.2) is 6.36 Å². The molecule has 0 radical (unpaired) electrons. The maximum absolute atomic E-state index is 15.1. The molecule has 2 aromatic rings. The maximum atomic E-state index is 15.1. The first-order chi connectivity index (χ1) is 15.6. The fourth-order valence-electron chi connectivity index (χ4n) is 5.63. The first-order valence-corrected chi connectivity index (χ1v) is 11.7. The summed E-state index contributed by atoms with van der Waals surface area (Å²) in [7, 11) is 0. The van der Waals surface area contributed by atoms with Gasteiger partial charge in [-0.05, 0) is 104 Å². The van der Waals surface area contributed by atoms with Gasteiger partial charge in [0.05, 0.1) is 0 Å². The van der Waals surface area contributed by atoms with Crippen molar-refractivity contribution < 1.29 is 31.1 Å². The van der Waals surface area contributed by atoms with Crippen molar-refractivity contribution in [3.05, 3.63) is 64.0 Å². The van der Waals surface area contributed by atoms with Crippen molar-refractivity contribution >= 4 is 0 Å². The molecule has 33 heavy (non-hydrogen) atoms. The van der Waals surface area contributed by atoms with Crippen molar-refractivity contribution in [1.29, 1.82) is 0 Å². The van der Waals surface area contributed by atoms with Crippen LogP contribution >= 0.6 is 0 Å². The largest absolute Gasteiger partial charge is 0.573 e. The summed E-state index contributed by atoms with van der Waals surface area (Å²) >= 11 is 0. The average Bonchev–Trinajstić information content (AvgIpc) is 2.73. The highest BCUT2D eigenvalue weighted by atomic mass is 19.4. The lowest BCUT2D eigenvalue weighted by molar-refractivity contribution is -0.275. The Morgan fingerprint density at radius 1 is 0.818 bits per heavy atom. The van der Waals surface area contributed by atoms with Gasteiger partial charge in [-0.3, -0.25) is 0 Å². The van der Waals surface area contributed by atoms with Gasteiger partial charge in [0.2, 0.25) is 0 Å². The lowest BCUT2D eigenvalue weighted by Crippen LogP contribution is -2.20. The number of fused-ring (bicyclic) bond motifs is 1. The fraction of sp³-hybridized carbons (Fsp3) is 0.538. The van der Waals surface area contributed by atoms with Gasteiger partial charge < -0.3 is 4.74 Å². The quantitative estimate of drug-likeness (QED) is 0.399. The smallest absolute Gasteiger partial charge is 0.403 e. The molecule has 0 bridgehead atoms. The van der Waals surface area contributed by atoms with Gasteiger partial charge in [-0.2, -0.15) is 0 Å². The van der Waals surface area contributed by atoms with Crippen LogP contribution in [0.2, 0.25) is 0 Å². The molecule has 1 atom stereocenters. The molecule has 0 amide bonds. The molecule has 0 aromatic heterocycles. The summed E-state index contributed by atoms with van der Waals surface area (Å²) in [5.41, 5.74) is 1.64. The van der Waals surface area contributed by atoms with Gasteiger partial charge in [-0.25, -0.2) is 13.2 Å². The van der Waals surface area contributed by atoms with Gasteiger partial charge in [0.1, 0.15) is 11.6 Å². The highest BCUT2D eigenvalue weighted by Gasteiger charge is 2.34. The predicted molar refractivity (Wildman–Crippen MR) is 114 cm³/mol. The molecule has 1 fully saturated rings. The van der Waals surface area contributed by atoms with Crippen LogP contribution < -0.4 is 4.74 Å². The number of alkyl halides is 3. The summed E-state index contributed by atoms with van der Waals surface area (Å²) < 4.78 is 85.5. The second-order valence-corrected chi connectivity index (χ2v) is 9.44. The van der Waals surface area contributed by atoms with Crippen LogP contribution in [0.4, 0.5) is 26.3 Å².